The van der Waals surface area contributed by atoms with Gasteiger partial charge in [0.2, 0.25) is 0 Å². The highest BCUT2D eigenvalue weighted by molar-refractivity contribution is 5.70. The maximum absolute atomic E-state index is 12.5. The van der Waals surface area contributed by atoms with E-state index >= 15 is 0 Å². The fourth-order valence-corrected chi connectivity index (χ4v) is 3.62. The van der Waals surface area contributed by atoms with Crippen LogP contribution in [0.1, 0.15) is 36.5 Å². The monoisotopic (exact) mass is 490 g/mol. The van der Waals surface area contributed by atoms with E-state index in [1.807, 2.05) is 67.6 Å². The van der Waals surface area contributed by atoms with E-state index < -0.39 is 12.3 Å². The summed E-state index contributed by atoms with van der Waals surface area (Å²) in [4.78, 5) is 26.5. The van der Waals surface area contributed by atoms with E-state index in [1.165, 1.54) is 0 Å². The summed E-state index contributed by atoms with van der Waals surface area (Å²) < 4.78 is 16.0. The minimum atomic E-state index is -0.524. The fourth-order valence-electron chi connectivity index (χ4n) is 3.62. The molecular weight excluding hydrogens is 456 g/mol. The van der Waals surface area contributed by atoms with E-state index in [9.17, 15) is 9.59 Å². The zero-order valence-electron chi connectivity index (χ0n) is 20.9. The lowest BCUT2D eigenvalue weighted by Gasteiger charge is -2.29. The van der Waals surface area contributed by atoms with Crippen molar-refractivity contribution in [3.8, 4) is 5.75 Å². The summed E-state index contributed by atoms with van der Waals surface area (Å²) in [6, 6.07) is 27.5. The molecule has 0 spiro atoms. The molecule has 0 fully saturated rings. The molecule has 0 saturated carbocycles. The summed E-state index contributed by atoms with van der Waals surface area (Å²) in [6.45, 7) is 3.69. The van der Waals surface area contributed by atoms with Gasteiger partial charge in [-0.15, -0.1) is 0 Å². The topological polar surface area (TPSA) is 77.1 Å². The predicted molar refractivity (Wildman–Crippen MR) is 138 cm³/mol. The van der Waals surface area contributed by atoms with Crippen LogP contribution < -0.4 is 10.1 Å². The number of nitrogens with one attached hydrogen (secondary N) is 1. The summed E-state index contributed by atoms with van der Waals surface area (Å²) in [5.41, 5.74) is 3.15. The number of esters is 1. The maximum atomic E-state index is 12.5. The Bertz CT molecular complexity index is 1020. The quantitative estimate of drug-likeness (QED) is 0.199. The normalized spacial score (nSPS) is 11.5. The molecule has 36 heavy (non-hydrogen) atoms. The van der Waals surface area contributed by atoms with Crippen molar-refractivity contribution in [2.24, 2.45) is 0 Å². The van der Waals surface area contributed by atoms with E-state index in [1.54, 1.807) is 7.11 Å². The molecule has 3 aromatic rings. The fraction of sp³-hybridized carbons (Fsp3) is 0.310. The maximum Gasteiger partial charge on any atom is 0.407 e. The van der Waals surface area contributed by atoms with Crippen molar-refractivity contribution in [2.45, 2.75) is 45.7 Å². The van der Waals surface area contributed by atoms with Gasteiger partial charge in [-0.25, -0.2) is 4.79 Å². The molecule has 0 aliphatic heterocycles. The third-order valence-electron chi connectivity index (χ3n) is 5.63. The largest absolute Gasteiger partial charge is 0.497 e. The van der Waals surface area contributed by atoms with Gasteiger partial charge in [0.15, 0.2) is 6.23 Å². The number of alkyl carbamates (subject to hydrolysis) is 1. The van der Waals surface area contributed by atoms with Gasteiger partial charge in [0.05, 0.1) is 7.11 Å². The summed E-state index contributed by atoms with van der Waals surface area (Å²) in [5, 5.41) is 2.67. The van der Waals surface area contributed by atoms with Gasteiger partial charge in [0.1, 0.15) is 12.4 Å². The van der Waals surface area contributed by atoms with Crippen molar-refractivity contribution in [3.63, 3.8) is 0 Å². The Morgan fingerprint density at radius 2 is 1.42 bits per heavy atom. The molecule has 1 atom stereocenters. The smallest absolute Gasteiger partial charge is 0.407 e. The SMILES string of the molecule is COc1ccc(COC(=O)NCCCC(=O)OC(C)N(Cc2ccccc2)Cc2ccccc2)cc1. The molecular formula is C29H34N2O5. The number of nitrogens with zero attached hydrogens (tertiary/aromatic N) is 1. The lowest BCUT2D eigenvalue weighted by atomic mass is 10.1. The molecule has 1 unspecified atom stereocenters. The molecule has 7 heteroatoms. The predicted octanol–water partition coefficient (Wildman–Crippen LogP) is 5.29. The van der Waals surface area contributed by atoms with Crippen molar-refractivity contribution < 1.29 is 23.8 Å². The Morgan fingerprint density at radius 3 is 1.97 bits per heavy atom. The first kappa shape index (κ1) is 26.8. The van der Waals surface area contributed by atoms with Gasteiger partial charge in [-0.2, -0.15) is 0 Å². The molecule has 0 aliphatic carbocycles. The van der Waals surface area contributed by atoms with Gasteiger partial charge in [0.25, 0.3) is 0 Å². The minimum Gasteiger partial charge on any atom is -0.497 e. The highest BCUT2D eigenvalue weighted by Gasteiger charge is 2.19. The third kappa shape index (κ3) is 9.43. The average Bonchev–Trinajstić information content (AvgIpc) is 2.91. The first-order valence-corrected chi connectivity index (χ1v) is 12.1. The van der Waals surface area contributed by atoms with Crippen LogP contribution in [0, 0.1) is 0 Å². The Labute approximate surface area is 213 Å². The number of amides is 1. The van der Waals surface area contributed by atoms with E-state index in [-0.39, 0.29) is 19.0 Å². The molecule has 0 bridgehead atoms. The van der Waals surface area contributed by atoms with Gasteiger partial charge in [-0.05, 0) is 42.2 Å². The molecule has 0 aliphatic rings. The Hall–Kier alpha value is -3.84. The molecule has 7 nitrogen and oxygen atoms in total. The molecule has 3 aromatic carbocycles. The first-order valence-electron chi connectivity index (χ1n) is 12.1. The van der Waals surface area contributed by atoms with Gasteiger partial charge >= 0.3 is 12.1 Å². The number of methoxy groups -OCH3 is 1. The first-order chi connectivity index (χ1) is 17.5. The molecule has 0 aromatic heterocycles. The van der Waals surface area contributed by atoms with E-state index in [4.69, 9.17) is 14.2 Å². The average molecular weight is 491 g/mol. The number of carbonyl (C=O) groups excluding carboxylic acids is 2. The third-order valence-corrected chi connectivity index (χ3v) is 5.63. The van der Waals surface area contributed by atoms with Crippen LogP contribution in [0.15, 0.2) is 84.9 Å². The van der Waals surface area contributed by atoms with Crippen LogP contribution in [0.3, 0.4) is 0 Å². The number of carbonyl (C=O) groups is 2. The molecule has 1 N–H and O–H groups in total. The van der Waals surface area contributed by atoms with Crippen LogP contribution in [0.4, 0.5) is 4.79 Å². The second-order valence-corrected chi connectivity index (χ2v) is 8.42. The van der Waals surface area contributed by atoms with Crippen LogP contribution >= 0.6 is 0 Å². The number of hydrogen-bond acceptors (Lipinski definition) is 6. The molecule has 190 valence electrons. The Morgan fingerprint density at radius 1 is 0.833 bits per heavy atom. The van der Waals surface area contributed by atoms with Crippen LogP contribution in [0.25, 0.3) is 0 Å². The molecule has 1 amide bonds. The highest BCUT2D eigenvalue weighted by Crippen LogP contribution is 2.15. The summed E-state index contributed by atoms with van der Waals surface area (Å²) in [6.07, 6.45) is -0.265. The lowest BCUT2D eigenvalue weighted by molar-refractivity contribution is -0.159. The van der Waals surface area contributed by atoms with Crippen LogP contribution in [0.5, 0.6) is 5.75 Å². The van der Waals surface area contributed by atoms with E-state index in [2.05, 4.69) is 34.5 Å². The highest BCUT2D eigenvalue weighted by atomic mass is 16.6. The number of rotatable bonds is 13. The lowest BCUT2D eigenvalue weighted by Crippen LogP contribution is -2.36. The molecule has 3 rings (SSSR count). The van der Waals surface area contributed by atoms with Crippen molar-refractivity contribution in [1.82, 2.24) is 10.2 Å². The van der Waals surface area contributed by atoms with Crippen molar-refractivity contribution >= 4 is 12.1 Å². The van der Waals surface area contributed by atoms with E-state index in [0.717, 1.165) is 22.4 Å². The molecule has 0 heterocycles. The second kappa shape index (κ2) is 14.5. The van der Waals surface area contributed by atoms with Crippen LogP contribution in [-0.4, -0.2) is 36.8 Å². The van der Waals surface area contributed by atoms with E-state index in [0.29, 0.717) is 26.1 Å². The van der Waals surface area contributed by atoms with Crippen molar-refractivity contribution in [3.05, 3.63) is 102 Å². The van der Waals surface area contributed by atoms with Gasteiger partial charge in [-0.3, -0.25) is 9.69 Å². The van der Waals surface area contributed by atoms with Gasteiger partial charge in [0, 0.05) is 26.1 Å². The van der Waals surface area contributed by atoms with Crippen molar-refractivity contribution in [2.75, 3.05) is 13.7 Å². The van der Waals surface area contributed by atoms with Crippen molar-refractivity contribution in [1.29, 1.82) is 0 Å². The minimum absolute atomic E-state index is 0.161. The zero-order chi connectivity index (χ0) is 25.6. The van der Waals surface area contributed by atoms with Gasteiger partial charge in [-0.1, -0.05) is 72.8 Å². The number of hydrogen-bond donors (Lipinski definition) is 1. The summed E-state index contributed by atoms with van der Waals surface area (Å²) in [7, 11) is 1.60. The second-order valence-electron chi connectivity index (χ2n) is 8.42. The molecule has 0 radical (unpaired) electrons. The summed E-state index contributed by atoms with van der Waals surface area (Å²) in [5.74, 6) is 0.440. The number of ether oxygens (including phenoxy) is 3. The molecule has 0 saturated heterocycles. The van der Waals surface area contributed by atoms with Gasteiger partial charge < -0.3 is 19.5 Å². The van der Waals surface area contributed by atoms with Crippen LogP contribution in [0.2, 0.25) is 0 Å². The Balaban J connectivity index is 1.39. The number of benzene rings is 3. The zero-order valence-corrected chi connectivity index (χ0v) is 20.9. The summed E-state index contributed by atoms with van der Waals surface area (Å²) >= 11 is 0. The Kier molecular flexibility index (Phi) is 10.8. The standard InChI is InChI=1S/C29H34N2O5/c1-23(31(20-24-10-5-3-6-11-24)21-25-12-7-4-8-13-25)36-28(32)14-9-19-30-29(33)35-22-26-15-17-27(34-2)18-16-26/h3-8,10-13,15-18,23H,9,14,19-22H2,1-2H3,(H,30,33). The van der Waals surface area contributed by atoms with Crippen LogP contribution in [-0.2, 0) is 34.0 Å².